The van der Waals surface area contributed by atoms with E-state index in [1.54, 1.807) is 0 Å². The van der Waals surface area contributed by atoms with E-state index >= 15 is 0 Å². The molecule has 0 aliphatic rings. The molecule has 0 saturated carbocycles. The molecule has 0 rings (SSSR count). The molecule has 0 N–H and O–H groups in total. The van der Waals surface area contributed by atoms with Crippen LogP contribution in [-0.4, -0.2) is 16.6 Å². The minimum absolute atomic E-state index is 0. The minimum Gasteiger partial charge on any atom is -0.450 e. The van der Waals surface area contributed by atoms with E-state index in [1.807, 2.05) is 11.4 Å². The maximum absolute atomic E-state index is 5.97. The number of hydrogen-bond donors (Lipinski definition) is 0. The second-order valence-corrected chi connectivity index (χ2v) is 12.0. The first-order chi connectivity index (χ1) is 4.83. The van der Waals surface area contributed by atoms with E-state index in [1.165, 1.54) is 0 Å². The predicted octanol–water partition coefficient (Wildman–Crippen LogP) is 2.86. The van der Waals surface area contributed by atoms with Crippen LogP contribution in [0.1, 0.15) is 0 Å². The van der Waals surface area contributed by atoms with Crippen molar-refractivity contribution < 1.29 is 23.6 Å². The van der Waals surface area contributed by atoms with E-state index in [0.717, 1.165) is 0 Å². The summed E-state index contributed by atoms with van der Waals surface area (Å²) in [6, 6.07) is 0. The van der Waals surface area contributed by atoms with Gasteiger partial charge in [-0.2, -0.15) is 0 Å². The number of hydrogen-bond acceptors (Lipinski definition) is 1. The van der Waals surface area contributed by atoms with Crippen LogP contribution in [0.25, 0.3) is 0 Å². The molecule has 0 atom stereocenters. The second kappa shape index (κ2) is 5.28. The van der Waals surface area contributed by atoms with Crippen LogP contribution in [0, 0.1) is 0 Å². The number of rotatable bonds is 4. The molecule has 1 nitrogen and oxygen atoms in total. The zero-order valence-electron chi connectivity index (χ0n) is 8.31. The van der Waals surface area contributed by atoms with Crippen LogP contribution in [-0.2, 0) is 23.6 Å². The zero-order valence-corrected chi connectivity index (χ0v) is 11.9. The topological polar surface area (TPSA) is 9.23 Å². The Morgan fingerprint density at radius 2 is 1.33 bits per heavy atom. The van der Waals surface area contributed by atoms with Crippen molar-refractivity contribution in [1.29, 1.82) is 0 Å². The first-order valence-corrected chi connectivity index (χ1v) is 9.77. The van der Waals surface area contributed by atoms with Gasteiger partial charge in [0.05, 0.1) is 0 Å². The van der Waals surface area contributed by atoms with Gasteiger partial charge in [-0.3, -0.25) is 0 Å². The standard InChI is InChI=1S/C8H18OSi2.Rh/c1-7-11(6,8-2)9-10(3,4)5;/h7-8H,1-2H2,3-6H3;. The van der Waals surface area contributed by atoms with E-state index in [0.29, 0.717) is 0 Å². The fourth-order valence-electron chi connectivity index (χ4n) is 0.826. The largest absolute Gasteiger partial charge is 0.450 e. The van der Waals surface area contributed by atoms with Crippen molar-refractivity contribution in [3.05, 3.63) is 24.6 Å². The zero-order chi connectivity index (χ0) is 9.12. The maximum Gasteiger partial charge on any atom is 0.226 e. The minimum atomic E-state index is -1.74. The molecule has 1 radical (unpaired) electrons. The molecule has 0 aliphatic carbocycles. The molecule has 0 saturated heterocycles. The molecule has 0 bridgehead atoms. The molecule has 0 aromatic heterocycles. The molecular weight excluding hydrogens is 271 g/mol. The Morgan fingerprint density at radius 1 is 1.00 bits per heavy atom. The Hall–Kier alpha value is 0.497. The normalized spacial score (nSPS) is 11.7. The summed E-state index contributed by atoms with van der Waals surface area (Å²) >= 11 is 0. The third kappa shape index (κ3) is 6.06. The predicted molar refractivity (Wildman–Crippen MR) is 56.4 cm³/mol. The van der Waals surface area contributed by atoms with E-state index in [4.69, 9.17) is 4.12 Å². The molecule has 4 heteroatoms. The van der Waals surface area contributed by atoms with E-state index in [9.17, 15) is 0 Å². The molecule has 73 valence electrons. The van der Waals surface area contributed by atoms with E-state index < -0.39 is 16.6 Å². The summed E-state index contributed by atoms with van der Waals surface area (Å²) in [4.78, 5) is 0. The molecule has 12 heavy (non-hydrogen) atoms. The Kier molecular flexibility index (Phi) is 6.59. The van der Waals surface area contributed by atoms with Gasteiger partial charge in [0.25, 0.3) is 0 Å². The summed E-state index contributed by atoms with van der Waals surface area (Å²) in [7, 11) is -3.16. The molecule has 0 fully saturated rings. The Balaban J connectivity index is 0. The van der Waals surface area contributed by atoms with Gasteiger partial charge in [0.1, 0.15) is 0 Å². The van der Waals surface area contributed by atoms with Crippen LogP contribution < -0.4 is 0 Å². The van der Waals surface area contributed by atoms with Crippen LogP contribution in [0.3, 0.4) is 0 Å². The van der Waals surface area contributed by atoms with Crippen LogP contribution >= 0.6 is 0 Å². The van der Waals surface area contributed by atoms with Crippen molar-refractivity contribution in [3.63, 3.8) is 0 Å². The third-order valence-electron chi connectivity index (χ3n) is 1.34. The SMILES string of the molecule is C=C[Si](C)(C=C)O[Si](C)(C)C.[Rh]. The van der Waals surface area contributed by atoms with Gasteiger partial charge in [0, 0.05) is 19.5 Å². The van der Waals surface area contributed by atoms with Gasteiger partial charge in [0.15, 0.2) is 8.32 Å². The fourth-order valence-corrected chi connectivity index (χ4v) is 6.94. The first kappa shape index (κ1) is 15.0. The molecule has 0 unspecified atom stereocenters. The summed E-state index contributed by atoms with van der Waals surface area (Å²) in [5.41, 5.74) is 3.86. The van der Waals surface area contributed by atoms with Crippen LogP contribution in [0.15, 0.2) is 24.6 Å². The summed E-state index contributed by atoms with van der Waals surface area (Å²) < 4.78 is 5.97. The van der Waals surface area contributed by atoms with Gasteiger partial charge in [0.2, 0.25) is 8.32 Å². The van der Waals surface area contributed by atoms with Gasteiger partial charge < -0.3 is 4.12 Å². The van der Waals surface area contributed by atoms with Crippen molar-refractivity contribution in [1.82, 2.24) is 0 Å². The molecule has 0 amide bonds. The molecular formula is C8H18ORhSi2. The second-order valence-electron chi connectivity index (χ2n) is 3.81. The van der Waals surface area contributed by atoms with Crippen molar-refractivity contribution in [2.24, 2.45) is 0 Å². The van der Waals surface area contributed by atoms with Gasteiger partial charge in [-0.25, -0.2) is 0 Å². The average Bonchev–Trinajstić information content (AvgIpc) is 1.84. The van der Waals surface area contributed by atoms with E-state index in [-0.39, 0.29) is 19.5 Å². The van der Waals surface area contributed by atoms with Gasteiger partial charge >= 0.3 is 0 Å². The summed E-state index contributed by atoms with van der Waals surface area (Å²) in [6.45, 7) is 16.2. The van der Waals surface area contributed by atoms with Gasteiger partial charge in [-0.1, -0.05) is 11.4 Å². The van der Waals surface area contributed by atoms with Crippen molar-refractivity contribution >= 4 is 16.6 Å². The molecule has 0 aromatic rings. The monoisotopic (exact) mass is 289 g/mol. The van der Waals surface area contributed by atoms with Crippen LogP contribution in [0.5, 0.6) is 0 Å². The van der Waals surface area contributed by atoms with Crippen LogP contribution in [0.4, 0.5) is 0 Å². The Labute approximate surface area is 90.9 Å². The van der Waals surface area contributed by atoms with Gasteiger partial charge in [-0.05, 0) is 26.2 Å². The molecule has 0 aliphatic heterocycles. The van der Waals surface area contributed by atoms with Crippen molar-refractivity contribution in [2.45, 2.75) is 26.2 Å². The summed E-state index contributed by atoms with van der Waals surface area (Å²) in [6.07, 6.45) is 0. The third-order valence-corrected chi connectivity index (χ3v) is 7.17. The summed E-state index contributed by atoms with van der Waals surface area (Å²) in [5.74, 6) is 0. The average molecular weight is 289 g/mol. The van der Waals surface area contributed by atoms with Crippen molar-refractivity contribution in [3.8, 4) is 0 Å². The molecule has 0 spiro atoms. The van der Waals surface area contributed by atoms with E-state index in [2.05, 4.69) is 39.3 Å². The molecule has 0 aromatic carbocycles. The quantitative estimate of drug-likeness (QED) is 0.723. The molecule has 0 heterocycles. The van der Waals surface area contributed by atoms with Crippen LogP contribution in [0.2, 0.25) is 26.2 Å². The Bertz CT molecular complexity index is 155. The smallest absolute Gasteiger partial charge is 0.226 e. The summed E-state index contributed by atoms with van der Waals surface area (Å²) in [5, 5.41) is 0. The fraction of sp³-hybridized carbons (Fsp3) is 0.500. The maximum atomic E-state index is 5.97. The first-order valence-electron chi connectivity index (χ1n) is 3.80. The van der Waals surface area contributed by atoms with Crippen molar-refractivity contribution in [2.75, 3.05) is 0 Å². The Morgan fingerprint density at radius 3 is 1.42 bits per heavy atom. The van der Waals surface area contributed by atoms with Gasteiger partial charge in [-0.15, -0.1) is 13.2 Å².